The van der Waals surface area contributed by atoms with Crippen LogP contribution in [0.1, 0.15) is 134 Å². The molecule has 8 aliphatic rings. The number of methoxy groups -OCH3 is 2. The first-order valence-corrected chi connectivity index (χ1v) is 49.9. The average molecular weight is 2130 g/mol. The predicted octanol–water partition coefficient (Wildman–Crippen LogP) is -9.59. The van der Waals surface area contributed by atoms with Crippen LogP contribution in [0.3, 0.4) is 0 Å². The molecule has 0 bridgehead atoms. The van der Waals surface area contributed by atoms with Crippen molar-refractivity contribution in [1.82, 2.24) is 52.2 Å². The van der Waals surface area contributed by atoms with Crippen molar-refractivity contribution in [1.29, 1.82) is 0 Å². The van der Waals surface area contributed by atoms with Gasteiger partial charge >= 0.3 is 12.1 Å². The van der Waals surface area contributed by atoms with E-state index in [9.17, 15) is 125 Å². The molecule has 1 aromatic heterocycles. The van der Waals surface area contributed by atoms with E-state index in [0.29, 0.717) is 44.3 Å². The number of fused-ring (bicyclic) bond motifs is 1. The number of ether oxygens (including phenoxy) is 20. The van der Waals surface area contributed by atoms with Crippen molar-refractivity contribution >= 4 is 48.0 Å². The third-order valence-electron chi connectivity index (χ3n) is 26.5. The van der Waals surface area contributed by atoms with Gasteiger partial charge in [0.05, 0.1) is 129 Å². The topological polar surface area (TPSA) is 780 Å². The summed E-state index contributed by atoms with van der Waals surface area (Å²) in [5.41, 5.74) is -1.46. The van der Waals surface area contributed by atoms with Gasteiger partial charge in [-0.2, -0.15) is 0 Å². The number of carbonyl (C=O) groups excluding carboxylic acids is 8. The second kappa shape index (κ2) is 60.9. The molecule has 1 aliphatic carbocycles. The van der Waals surface area contributed by atoms with Gasteiger partial charge in [0.25, 0.3) is 12.4 Å². The van der Waals surface area contributed by atoms with E-state index >= 15 is 4.39 Å². The Balaban J connectivity index is 0.664. The molecule has 56 heteroatoms. The number of unbranched alkanes of at least 4 members (excludes halogenated alkanes) is 4. The highest BCUT2D eigenvalue weighted by Crippen LogP contribution is 2.43. The summed E-state index contributed by atoms with van der Waals surface area (Å²) >= 11 is 0. The smallest absolute Gasteiger partial charge is 0.408 e. The molecular formula is C92H149FN10O45. The number of carbonyl (C=O) groups is 8. The molecule has 1 aromatic carbocycles. The Kier molecular flexibility index (Phi) is 50.3. The molecule has 2 aromatic rings. The Hall–Kier alpha value is -7.55. The number of aromatic nitrogens is 3. The summed E-state index contributed by atoms with van der Waals surface area (Å²) in [4.78, 5) is 103. The van der Waals surface area contributed by atoms with E-state index in [0.717, 1.165) is 46.0 Å². The van der Waals surface area contributed by atoms with Crippen LogP contribution >= 0.6 is 0 Å². The van der Waals surface area contributed by atoms with Crippen molar-refractivity contribution < 1.29 is 224 Å². The van der Waals surface area contributed by atoms with E-state index < -0.39 is 315 Å². The summed E-state index contributed by atoms with van der Waals surface area (Å²) < 4.78 is 136. The second-order valence-electron chi connectivity index (χ2n) is 37.2. The first kappa shape index (κ1) is 122. The van der Waals surface area contributed by atoms with Crippen LogP contribution in [-0.2, 0) is 154 Å². The maximum Gasteiger partial charge on any atom is 0.408 e. The fourth-order valence-corrected chi connectivity index (χ4v) is 18.4. The molecule has 844 valence electrons. The molecule has 0 radical (unpaired) electrons. The fraction of sp³-hybridized carbons (Fsp3) is 0.826. The summed E-state index contributed by atoms with van der Waals surface area (Å²) in [6.07, 6.45) is -54.0. The molecule has 0 saturated carbocycles. The van der Waals surface area contributed by atoms with Crippen molar-refractivity contribution in [2.45, 2.75) is 351 Å². The lowest BCUT2D eigenvalue weighted by Crippen LogP contribution is -2.69. The van der Waals surface area contributed by atoms with E-state index in [2.05, 4.69) is 47.5 Å². The summed E-state index contributed by atoms with van der Waals surface area (Å²) in [5.74, 6) is -7.60. The molecule has 0 spiro atoms. The minimum Gasteiger partial charge on any atom is -0.445 e. The zero-order valence-electron chi connectivity index (χ0n) is 83.1. The van der Waals surface area contributed by atoms with Gasteiger partial charge in [-0.05, 0) is 63.4 Å². The molecule has 7 saturated heterocycles. The number of alkyl carbamates (subject to hydrolysis) is 1. The molecule has 24 N–H and O–H groups in total. The van der Waals surface area contributed by atoms with Gasteiger partial charge in [0.2, 0.25) is 35.2 Å². The highest BCUT2D eigenvalue weighted by Gasteiger charge is 2.61. The maximum atomic E-state index is 17.2. The lowest BCUT2D eigenvalue weighted by atomic mass is 9.88. The standard InChI is InChI=1S/C92H149FN10O45/c1-6-7-16-25-94-62(115)23-22-50(100-90(128)134-45-49-18-11-8-12-19-49)82(126)98-38-63(116)95-27-29-131-31-33-133-34-32-132-30-28-103-51-20-13-9-15-24-91(93,81(51)101-102-103)89(127)96-26-17-10-14-21-61(114)97-37-53(113)74-64(99-48(3)111)52(112)36-92(147-74,135-46-110)148-78-66(118)57(41-106)139-86(71(78)123)136-54-35-47(2)83(137-55(54)39-104)145-79-72(124)88(141-59(43-108)76(79)129-4)144-77-60(44-109)142-87(143-75-58(42-107)140-84(130-5)70(122)68(75)120)73(125)80(77)146-85-69(121)67(119)65(117)56(40-105)138-85/h8,11-12,18-19,46-47,50,52-60,64-80,83-88,104-109,112-113,117-125H,6-7,9-10,13-17,20-45H2,1-5H3,(H,94,115)(H,95,116)(H,96,127)(H,97,114)(H,98,126)(H,99,111)(H,100,128)/t47?,50-,52+,53?,54-,55?,56?,57?,58?,59?,60?,64-,65+,66-,67-,68+,69?,70?,71?,72?,73?,74?,75+,76+,77-,78-,79+,80+,83-,84+,85-,86+,87-,88+,91?,92+/m0/s1. The largest absolute Gasteiger partial charge is 0.445 e. The zero-order chi connectivity index (χ0) is 107. The van der Waals surface area contributed by atoms with Gasteiger partial charge in [-0.3, -0.25) is 33.6 Å². The Morgan fingerprint density at radius 3 is 1.77 bits per heavy atom. The summed E-state index contributed by atoms with van der Waals surface area (Å²) in [6.45, 7) is -0.626. The lowest BCUT2D eigenvalue weighted by Gasteiger charge is -2.51. The van der Waals surface area contributed by atoms with Gasteiger partial charge in [-0.1, -0.05) is 75.1 Å². The van der Waals surface area contributed by atoms with Crippen LogP contribution < -0.4 is 37.2 Å². The van der Waals surface area contributed by atoms with Gasteiger partial charge in [0.15, 0.2) is 37.7 Å². The third-order valence-corrected chi connectivity index (χ3v) is 26.5. The Bertz CT molecular complexity index is 4320. The number of nitrogens with zero attached hydrogens (tertiary/aromatic N) is 3. The number of halogens is 1. The Labute approximate surface area is 851 Å². The van der Waals surface area contributed by atoms with Crippen LogP contribution in [0.2, 0.25) is 0 Å². The van der Waals surface area contributed by atoms with E-state index in [4.69, 9.17) is 94.7 Å². The van der Waals surface area contributed by atoms with Gasteiger partial charge < -0.3 is 219 Å². The summed E-state index contributed by atoms with van der Waals surface area (Å²) in [6, 6.07) is 6.20. The number of nitrogens with one attached hydrogen (secondary N) is 7. The monoisotopic (exact) mass is 2130 g/mol. The van der Waals surface area contributed by atoms with Crippen molar-refractivity contribution in [3.63, 3.8) is 0 Å². The Morgan fingerprint density at radius 2 is 1.11 bits per heavy atom. The highest BCUT2D eigenvalue weighted by atomic mass is 19.1. The van der Waals surface area contributed by atoms with Gasteiger partial charge in [0.1, 0.15) is 153 Å². The average Bonchev–Trinajstić information content (AvgIpc) is 1.16. The zero-order valence-corrected chi connectivity index (χ0v) is 83.1. The molecular weight excluding hydrogens is 1980 g/mol. The molecule has 10 rings (SSSR count). The molecule has 36 atom stereocenters. The number of hydrogen-bond donors (Lipinski definition) is 24. The maximum absolute atomic E-state index is 17.2. The number of hydrogen-bond acceptors (Lipinski definition) is 47. The molecule has 15 unspecified atom stereocenters. The number of alkyl halides is 1. The second-order valence-corrected chi connectivity index (χ2v) is 37.2. The number of benzene rings is 1. The van der Waals surface area contributed by atoms with Crippen LogP contribution in [0.15, 0.2) is 30.3 Å². The number of aliphatic hydroxyl groups is 17. The van der Waals surface area contributed by atoms with Gasteiger partial charge in [-0.15, -0.1) is 5.10 Å². The molecule has 7 amide bonds. The van der Waals surface area contributed by atoms with Crippen LogP contribution in [0, 0.1) is 5.92 Å². The van der Waals surface area contributed by atoms with E-state index in [1.807, 2.05) is 13.0 Å². The van der Waals surface area contributed by atoms with Crippen LogP contribution in [0.25, 0.3) is 0 Å². The summed E-state index contributed by atoms with van der Waals surface area (Å²) in [7, 11) is 2.29. The van der Waals surface area contributed by atoms with E-state index in [-0.39, 0.29) is 129 Å². The molecule has 7 aliphatic heterocycles. The molecule has 55 nitrogen and oxygen atoms in total. The van der Waals surface area contributed by atoms with Crippen molar-refractivity contribution in [2.24, 2.45) is 5.92 Å². The number of amides is 7. The number of rotatable bonds is 58. The molecule has 148 heavy (non-hydrogen) atoms. The number of aliphatic hydroxyl groups excluding tert-OH is 17. The van der Waals surface area contributed by atoms with Gasteiger partial charge in [-0.25, -0.2) is 13.9 Å². The SMILES string of the molecule is CCCCCNC(=O)CC[C@H](NC(=O)OCc1ccccc1)C(=O)NCC(=O)NCCOCCOCCOCCn1nnc2c1CCCCCC2(F)C(=O)NCCCCCC(=O)NCC(O)C1O[C@@](OC=O)(O[C@@H]2C(O)[C@H](O[C@H]3CC(C)[C@H](O[C@@H]4C(O)[C@@H](O[C@H]5C(CO)O[C@@H](O[C@@H]6C(CO)O[C@@H](OC)C(O)[C@H]6O)C(O)[C@H]5O[C@@H]5OC(CO)[C@@H](O)[C@H](O)C5O)OC(CO)[C@H]4OC)OC3CO)OC(CO)[C@@H]2O)C[C@@H](O)[C@@H]1NC(C)=O. The first-order chi connectivity index (χ1) is 71.1. The minimum atomic E-state index is -2.90. The first-order valence-electron chi connectivity index (χ1n) is 49.9. The van der Waals surface area contributed by atoms with Crippen molar-refractivity contribution in [3.8, 4) is 0 Å². The van der Waals surface area contributed by atoms with E-state index in [1.165, 1.54) is 4.68 Å². The van der Waals surface area contributed by atoms with Crippen molar-refractivity contribution in [3.05, 3.63) is 47.3 Å². The van der Waals surface area contributed by atoms with Crippen LogP contribution in [0.5, 0.6) is 0 Å². The molecule has 8 heterocycles. The fourth-order valence-electron chi connectivity index (χ4n) is 18.4. The van der Waals surface area contributed by atoms with Crippen LogP contribution in [0.4, 0.5) is 9.18 Å². The lowest BCUT2D eigenvalue weighted by molar-refractivity contribution is -0.443. The van der Waals surface area contributed by atoms with Gasteiger partial charge in [0, 0.05) is 66.1 Å². The summed E-state index contributed by atoms with van der Waals surface area (Å²) in [5, 5.41) is 217. The normalized spacial score (nSPS) is 34.9. The third kappa shape index (κ3) is 33.5. The minimum absolute atomic E-state index is 0.00479. The van der Waals surface area contributed by atoms with Crippen molar-refractivity contribution in [2.75, 3.05) is 126 Å². The predicted molar refractivity (Wildman–Crippen MR) is 492 cm³/mol. The highest BCUT2D eigenvalue weighted by molar-refractivity contribution is 5.90. The Morgan fingerprint density at radius 1 is 0.554 bits per heavy atom. The molecule has 7 fully saturated rings. The quantitative estimate of drug-likeness (QED) is 0.0166. The van der Waals surface area contributed by atoms with E-state index in [1.54, 1.807) is 31.2 Å². The van der Waals surface area contributed by atoms with Crippen LogP contribution in [-0.4, -0.2) is 484 Å².